The van der Waals surface area contributed by atoms with Gasteiger partial charge in [0.25, 0.3) is 0 Å². The monoisotopic (exact) mass is 382 g/mol. The van der Waals surface area contributed by atoms with E-state index in [0.717, 1.165) is 17.8 Å². The van der Waals surface area contributed by atoms with E-state index in [0.29, 0.717) is 0 Å². The van der Waals surface area contributed by atoms with Gasteiger partial charge in [0.2, 0.25) is 5.69 Å². The summed E-state index contributed by atoms with van der Waals surface area (Å²) in [7, 11) is 1.70. The standard InChI is InChI=1S/C20H18N2O.BrH/c1-14-20-18(17-9-8-16(23-2)12-19(17)21-20)10-11-22(14)13-15-6-4-3-5-7-15;/h3-12H,13H2,1-2H3;1H. The Labute approximate surface area is 151 Å². The molecule has 0 unspecified atom stereocenters. The molecule has 0 spiro atoms. The molecule has 2 aromatic carbocycles. The summed E-state index contributed by atoms with van der Waals surface area (Å²) in [5.74, 6) is 0.874. The fraction of sp³-hybridized carbons (Fsp3) is 0.150. The molecule has 0 saturated carbocycles. The number of methoxy groups -OCH3 is 1. The van der Waals surface area contributed by atoms with Crippen LogP contribution < -0.4 is 26.3 Å². The fourth-order valence-corrected chi connectivity index (χ4v) is 3.16. The molecule has 0 aliphatic heterocycles. The number of halogens is 1. The zero-order valence-corrected chi connectivity index (χ0v) is 15.3. The minimum Gasteiger partial charge on any atom is -1.00 e. The van der Waals surface area contributed by atoms with Gasteiger partial charge in [-0.25, -0.2) is 0 Å². The van der Waals surface area contributed by atoms with Crippen LogP contribution in [-0.2, 0) is 6.54 Å². The first-order valence-electron chi connectivity index (χ1n) is 7.78. The lowest BCUT2D eigenvalue weighted by Gasteiger charge is -2.02. The Morgan fingerprint density at radius 1 is 1.00 bits per heavy atom. The predicted molar refractivity (Wildman–Crippen MR) is 92.8 cm³/mol. The van der Waals surface area contributed by atoms with E-state index >= 15 is 0 Å². The molecule has 0 atom stereocenters. The molecule has 4 aromatic rings. The quantitative estimate of drug-likeness (QED) is 0.525. The normalized spacial score (nSPS) is 10.8. The van der Waals surface area contributed by atoms with Crippen molar-refractivity contribution < 1.29 is 26.3 Å². The number of aromatic nitrogens is 2. The van der Waals surface area contributed by atoms with Crippen molar-refractivity contribution in [3.8, 4) is 5.75 Å². The Balaban J connectivity index is 0.00000169. The van der Waals surface area contributed by atoms with Crippen molar-refractivity contribution in [1.29, 1.82) is 0 Å². The Morgan fingerprint density at radius 3 is 2.54 bits per heavy atom. The summed E-state index contributed by atoms with van der Waals surface area (Å²) in [4.78, 5) is 3.55. The smallest absolute Gasteiger partial charge is 0.202 e. The number of benzene rings is 2. The Hall–Kier alpha value is -2.33. The number of hydrogen-bond acceptors (Lipinski definition) is 1. The summed E-state index contributed by atoms with van der Waals surface area (Å²) in [6, 6.07) is 18.9. The highest BCUT2D eigenvalue weighted by atomic mass is 79.9. The highest BCUT2D eigenvalue weighted by Gasteiger charge is 2.15. The number of nitrogens with one attached hydrogen (secondary N) is 1. The van der Waals surface area contributed by atoms with E-state index in [9.17, 15) is 0 Å². The van der Waals surface area contributed by atoms with Gasteiger partial charge >= 0.3 is 0 Å². The van der Waals surface area contributed by atoms with Crippen LogP contribution in [0.4, 0.5) is 0 Å². The molecule has 0 fully saturated rings. The summed E-state index contributed by atoms with van der Waals surface area (Å²) in [5.41, 5.74) is 4.84. The van der Waals surface area contributed by atoms with Gasteiger partial charge in [-0.1, -0.05) is 30.3 Å². The summed E-state index contributed by atoms with van der Waals surface area (Å²) >= 11 is 0. The van der Waals surface area contributed by atoms with E-state index in [2.05, 4.69) is 71.2 Å². The minimum atomic E-state index is 0. The van der Waals surface area contributed by atoms with Gasteiger partial charge in [0.15, 0.2) is 12.7 Å². The van der Waals surface area contributed by atoms with Crippen LogP contribution in [0, 0.1) is 6.92 Å². The number of fused-ring (bicyclic) bond motifs is 3. The van der Waals surface area contributed by atoms with E-state index in [1.165, 1.54) is 27.5 Å². The Bertz CT molecular complexity index is 993. The third-order valence-corrected chi connectivity index (χ3v) is 4.46. The molecule has 0 saturated heterocycles. The molecule has 1 N–H and O–H groups in total. The highest BCUT2D eigenvalue weighted by molar-refractivity contribution is 6.07. The lowest BCUT2D eigenvalue weighted by Crippen LogP contribution is -3.00. The van der Waals surface area contributed by atoms with Crippen LogP contribution in [0.1, 0.15) is 11.3 Å². The van der Waals surface area contributed by atoms with Gasteiger partial charge in [0.1, 0.15) is 11.3 Å². The van der Waals surface area contributed by atoms with Crippen molar-refractivity contribution in [2.24, 2.45) is 0 Å². The molecule has 2 aromatic heterocycles. The van der Waals surface area contributed by atoms with E-state index in [4.69, 9.17) is 4.74 Å². The number of rotatable bonds is 3. The largest absolute Gasteiger partial charge is 1.00 e. The second-order valence-corrected chi connectivity index (χ2v) is 5.84. The zero-order chi connectivity index (χ0) is 15.8. The third-order valence-electron chi connectivity index (χ3n) is 4.46. The van der Waals surface area contributed by atoms with Crippen molar-refractivity contribution >= 4 is 21.8 Å². The van der Waals surface area contributed by atoms with E-state index in [1.54, 1.807) is 7.11 Å². The maximum atomic E-state index is 5.33. The Kier molecular flexibility index (Phi) is 4.58. The van der Waals surface area contributed by atoms with Crippen LogP contribution in [0.2, 0.25) is 0 Å². The van der Waals surface area contributed by atoms with Crippen molar-refractivity contribution in [3.63, 3.8) is 0 Å². The maximum Gasteiger partial charge on any atom is 0.202 e. The van der Waals surface area contributed by atoms with Gasteiger partial charge in [0.05, 0.1) is 12.6 Å². The van der Waals surface area contributed by atoms with Crippen LogP contribution in [0.5, 0.6) is 5.75 Å². The molecular weight excluding hydrogens is 364 g/mol. The lowest BCUT2D eigenvalue weighted by molar-refractivity contribution is -0.693. The van der Waals surface area contributed by atoms with Gasteiger partial charge in [-0.05, 0) is 12.1 Å². The van der Waals surface area contributed by atoms with Crippen molar-refractivity contribution in [2.45, 2.75) is 13.5 Å². The first kappa shape index (κ1) is 16.5. The summed E-state index contributed by atoms with van der Waals surface area (Å²) in [6.45, 7) is 3.04. The number of aryl methyl sites for hydroxylation is 1. The van der Waals surface area contributed by atoms with Gasteiger partial charge in [-0.3, -0.25) is 0 Å². The van der Waals surface area contributed by atoms with Crippen molar-refractivity contribution in [2.75, 3.05) is 7.11 Å². The third kappa shape index (κ3) is 2.78. The van der Waals surface area contributed by atoms with Gasteiger partial charge in [-0.15, -0.1) is 0 Å². The molecule has 0 amide bonds. The molecule has 4 heteroatoms. The zero-order valence-electron chi connectivity index (χ0n) is 13.7. The number of ether oxygens (including phenoxy) is 1. The van der Waals surface area contributed by atoms with E-state index < -0.39 is 0 Å². The second-order valence-electron chi connectivity index (χ2n) is 5.84. The summed E-state index contributed by atoms with van der Waals surface area (Å²) in [5, 5.41) is 2.49. The number of aromatic amines is 1. The first-order valence-corrected chi connectivity index (χ1v) is 7.78. The van der Waals surface area contributed by atoms with Crippen LogP contribution in [0.15, 0.2) is 60.8 Å². The van der Waals surface area contributed by atoms with Gasteiger partial charge in [-0.2, -0.15) is 4.57 Å². The van der Waals surface area contributed by atoms with Gasteiger partial charge in [0, 0.05) is 35.4 Å². The van der Waals surface area contributed by atoms with E-state index in [-0.39, 0.29) is 17.0 Å². The van der Waals surface area contributed by atoms with Gasteiger partial charge < -0.3 is 26.7 Å². The lowest BCUT2D eigenvalue weighted by atomic mass is 10.1. The molecule has 122 valence electrons. The maximum absolute atomic E-state index is 5.33. The SMILES string of the molecule is COc1ccc2c(c1)[nH]c1c(C)[n+](Cc3ccccc3)ccc12.[Br-]. The van der Waals surface area contributed by atoms with Crippen molar-refractivity contribution in [3.05, 3.63) is 72.1 Å². The average molecular weight is 383 g/mol. The van der Waals surface area contributed by atoms with Crippen LogP contribution in [-0.4, -0.2) is 12.1 Å². The summed E-state index contributed by atoms with van der Waals surface area (Å²) in [6.07, 6.45) is 2.17. The molecule has 0 bridgehead atoms. The van der Waals surface area contributed by atoms with Crippen LogP contribution in [0.3, 0.4) is 0 Å². The fourth-order valence-electron chi connectivity index (χ4n) is 3.16. The van der Waals surface area contributed by atoms with Crippen LogP contribution in [0.25, 0.3) is 21.8 Å². The highest BCUT2D eigenvalue weighted by Crippen LogP contribution is 2.28. The van der Waals surface area contributed by atoms with E-state index in [1.807, 2.05) is 6.07 Å². The first-order chi connectivity index (χ1) is 11.3. The molecule has 3 nitrogen and oxygen atoms in total. The average Bonchev–Trinajstić information content (AvgIpc) is 2.97. The molecule has 24 heavy (non-hydrogen) atoms. The molecular formula is C20H19BrN2O. The Morgan fingerprint density at radius 2 is 1.79 bits per heavy atom. The minimum absolute atomic E-state index is 0. The predicted octanol–water partition coefficient (Wildman–Crippen LogP) is 0.978. The molecule has 2 heterocycles. The molecule has 0 radical (unpaired) electrons. The molecule has 0 aliphatic rings. The van der Waals surface area contributed by atoms with Crippen molar-refractivity contribution in [1.82, 2.24) is 4.98 Å². The second kappa shape index (κ2) is 6.65. The molecule has 0 aliphatic carbocycles. The number of pyridine rings is 1. The summed E-state index contributed by atoms with van der Waals surface area (Å²) < 4.78 is 7.61. The topological polar surface area (TPSA) is 28.9 Å². The molecule has 4 rings (SSSR count). The van der Waals surface area contributed by atoms with Crippen LogP contribution >= 0.6 is 0 Å². The number of hydrogen-bond donors (Lipinski definition) is 1. The number of H-pyrrole nitrogens is 1. The number of nitrogens with zero attached hydrogens (tertiary/aromatic N) is 1.